The molecular weight excluding hydrogens is 274 g/mol. The highest BCUT2D eigenvalue weighted by Crippen LogP contribution is 2.47. The number of halogens is 1. The van der Waals surface area contributed by atoms with Crippen molar-refractivity contribution < 1.29 is 5.11 Å². The lowest BCUT2D eigenvalue weighted by Gasteiger charge is -2.44. The smallest absolute Gasteiger partial charge is 0.0568 e. The molecule has 1 aliphatic rings. The van der Waals surface area contributed by atoms with Crippen molar-refractivity contribution in [2.75, 3.05) is 6.54 Å². The molecular formula is C11H14BrNOS. The minimum absolute atomic E-state index is 0.0627. The number of hydrogen-bond donors (Lipinski definition) is 2. The number of thioether (sulfide) groups is 1. The molecule has 3 N–H and O–H groups in total. The Bertz CT molecular complexity index is 335. The van der Waals surface area contributed by atoms with E-state index in [1.807, 2.05) is 12.1 Å². The van der Waals surface area contributed by atoms with Gasteiger partial charge in [0.05, 0.1) is 6.10 Å². The van der Waals surface area contributed by atoms with Crippen molar-refractivity contribution in [3.63, 3.8) is 0 Å². The first-order valence-corrected chi connectivity index (χ1v) is 6.57. The highest BCUT2D eigenvalue weighted by Gasteiger charge is 2.43. The predicted octanol–water partition coefficient (Wildman–Crippen LogP) is 2.39. The Labute approximate surface area is 102 Å². The Balaban J connectivity index is 2.04. The van der Waals surface area contributed by atoms with Gasteiger partial charge in [0, 0.05) is 20.7 Å². The molecule has 0 heterocycles. The van der Waals surface area contributed by atoms with Crippen LogP contribution in [0.5, 0.6) is 0 Å². The third kappa shape index (κ3) is 2.56. The SMILES string of the molecule is NCC1(Sc2ccc(Br)cc2)CC(O)C1. The van der Waals surface area contributed by atoms with Crippen LogP contribution in [0.3, 0.4) is 0 Å². The fraction of sp³-hybridized carbons (Fsp3) is 0.455. The Hall–Kier alpha value is -0.0300. The van der Waals surface area contributed by atoms with Gasteiger partial charge >= 0.3 is 0 Å². The fourth-order valence-corrected chi connectivity index (χ4v) is 3.51. The quantitative estimate of drug-likeness (QED) is 0.897. The van der Waals surface area contributed by atoms with Crippen LogP contribution >= 0.6 is 27.7 Å². The van der Waals surface area contributed by atoms with Gasteiger partial charge in [-0.15, -0.1) is 11.8 Å². The molecule has 82 valence electrons. The van der Waals surface area contributed by atoms with Crippen LogP contribution < -0.4 is 5.73 Å². The number of hydrogen-bond acceptors (Lipinski definition) is 3. The molecule has 1 aromatic carbocycles. The van der Waals surface area contributed by atoms with Crippen LogP contribution in [-0.4, -0.2) is 22.5 Å². The van der Waals surface area contributed by atoms with Gasteiger partial charge in [0.2, 0.25) is 0 Å². The molecule has 15 heavy (non-hydrogen) atoms. The van der Waals surface area contributed by atoms with Gasteiger partial charge in [-0.05, 0) is 37.1 Å². The number of rotatable bonds is 3. The van der Waals surface area contributed by atoms with Gasteiger partial charge in [0.15, 0.2) is 0 Å². The van der Waals surface area contributed by atoms with Crippen molar-refractivity contribution in [3.8, 4) is 0 Å². The summed E-state index contributed by atoms with van der Waals surface area (Å²) in [4.78, 5) is 1.22. The van der Waals surface area contributed by atoms with Crippen LogP contribution in [0.25, 0.3) is 0 Å². The first kappa shape index (κ1) is 11.5. The molecule has 0 aliphatic heterocycles. The maximum atomic E-state index is 9.36. The third-order valence-electron chi connectivity index (χ3n) is 2.74. The van der Waals surface area contributed by atoms with E-state index in [0.717, 1.165) is 17.3 Å². The van der Waals surface area contributed by atoms with Gasteiger partial charge < -0.3 is 10.8 Å². The van der Waals surface area contributed by atoms with Crippen molar-refractivity contribution in [1.82, 2.24) is 0 Å². The number of benzene rings is 1. The zero-order valence-corrected chi connectivity index (χ0v) is 10.7. The molecule has 0 bridgehead atoms. The number of nitrogens with two attached hydrogens (primary N) is 1. The van der Waals surface area contributed by atoms with E-state index in [1.54, 1.807) is 11.8 Å². The molecule has 1 fully saturated rings. The van der Waals surface area contributed by atoms with Gasteiger partial charge in [-0.1, -0.05) is 15.9 Å². The highest BCUT2D eigenvalue weighted by atomic mass is 79.9. The molecule has 2 rings (SSSR count). The lowest BCUT2D eigenvalue weighted by Crippen LogP contribution is -2.49. The third-order valence-corrected chi connectivity index (χ3v) is 4.70. The van der Waals surface area contributed by atoms with Gasteiger partial charge in [-0.3, -0.25) is 0 Å². The summed E-state index contributed by atoms with van der Waals surface area (Å²) in [5.41, 5.74) is 5.77. The van der Waals surface area contributed by atoms with Crippen molar-refractivity contribution in [3.05, 3.63) is 28.7 Å². The molecule has 0 unspecified atom stereocenters. The number of aliphatic hydroxyl groups excluding tert-OH is 1. The van der Waals surface area contributed by atoms with Gasteiger partial charge in [-0.25, -0.2) is 0 Å². The molecule has 0 saturated heterocycles. The molecule has 0 aromatic heterocycles. The van der Waals surface area contributed by atoms with Crippen LogP contribution in [0.2, 0.25) is 0 Å². The highest BCUT2D eigenvalue weighted by molar-refractivity contribution is 9.10. The molecule has 2 nitrogen and oxygen atoms in total. The van der Waals surface area contributed by atoms with E-state index in [1.165, 1.54) is 4.90 Å². The van der Waals surface area contributed by atoms with E-state index in [4.69, 9.17) is 5.73 Å². The van der Waals surface area contributed by atoms with Crippen LogP contribution in [0.4, 0.5) is 0 Å². The zero-order chi connectivity index (χ0) is 10.9. The van der Waals surface area contributed by atoms with Gasteiger partial charge in [-0.2, -0.15) is 0 Å². The van der Waals surface area contributed by atoms with Crippen molar-refractivity contribution in [2.45, 2.75) is 28.6 Å². The second-order valence-corrected chi connectivity index (χ2v) is 6.46. The zero-order valence-electron chi connectivity index (χ0n) is 8.32. The van der Waals surface area contributed by atoms with Crippen LogP contribution in [0.15, 0.2) is 33.6 Å². The topological polar surface area (TPSA) is 46.2 Å². The van der Waals surface area contributed by atoms with E-state index < -0.39 is 0 Å². The first-order valence-electron chi connectivity index (χ1n) is 4.96. The summed E-state index contributed by atoms with van der Waals surface area (Å²) in [7, 11) is 0. The summed E-state index contributed by atoms with van der Waals surface area (Å²) in [6.07, 6.45) is 1.46. The molecule has 1 aromatic rings. The van der Waals surface area contributed by atoms with E-state index in [9.17, 15) is 5.11 Å². The number of aliphatic hydroxyl groups is 1. The van der Waals surface area contributed by atoms with Gasteiger partial charge in [0.25, 0.3) is 0 Å². The molecule has 0 radical (unpaired) electrons. The summed E-state index contributed by atoms with van der Waals surface area (Å²) in [6, 6.07) is 8.22. The van der Waals surface area contributed by atoms with Crippen molar-refractivity contribution in [1.29, 1.82) is 0 Å². The minimum atomic E-state index is -0.156. The maximum Gasteiger partial charge on any atom is 0.0568 e. The molecule has 1 saturated carbocycles. The second-order valence-electron chi connectivity index (χ2n) is 4.01. The lowest BCUT2D eigenvalue weighted by molar-refractivity contribution is 0.0643. The standard InChI is InChI=1S/C11H14BrNOS/c12-8-1-3-10(4-2-8)15-11(7-13)5-9(14)6-11/h1-4,9,14H,5-7,13H2. The van der Waals surface area contributed by atoms with E-state index in [0.29, 0.717) is 6.54 Å². The molecule has 0 atom stereocenters. The first-order chi connectivity index (χ1) is 7.13. The monoisotopic (exact) mass is 287 g/mol. The average Bonchev–Trinajstić information content (AvgIpc) is 2.18. The van der Waals surface area contributed by atoms with Crippen LogP contribution in [0.1, 0.15) is 12.8 Å². The van der Waals surface area contributed by atoms with Gasteiger partial charge in [0.1, 0.15) is 0 Å². The summed E-state index contributed by atoms with van der Waals surface area (Å²) < 4.78 is 1.15. The lowest BCUT2D eigenvalue weighted by atomic mass is 9.81. The summed E-state index contributed by atoms with van der Waals surface area (Å²) in [5.74, 6) is 0. The Morgan fingerprint density at radius 1 is 1.40 bits per heavy atom. The van der Waals surface area contributed by atoms with Crippen molar-refractivity contribution >= 4 is 27.7 Å². The molecule has 4 heteroatoms. The molecule has 0 spiro atoms. The van der Waals surface area contributed by atoms with E-state index in [2.05, 4.69) is 28.1 Å². The van der Waals surface area contributed by atoms with E-state index >= 15 is 0 Å². The summed E-state index contributed by atoms with van der Waals surface area (Å²) in [6.45, 7) is 0.630. The Morgan fingerprint density at radius 2 is 2.00 bits per heavy atom. The predicted molar refractivity (Wildman–Crippen MR) is 67.0 cm³/mol. The summed E-state index contributed by atoms with van der Waals surface area (Å²) >= 11 is 5.19. The summed E-state index contributed by atoms with van der Waals surface area (Å²) in [5, 5.41) is 9.36. The molecule has 1 aliphatic carbocycles. The maximum absolute atomic E-state index is 9.36. The van der Waals surface area contributed by atoms with Crippen LogP contribution in [-0.2, 0) is 0 Å². The average molecular weight is 288 g/mol. The molecule has 0 amide bonds. The normalized spacial score (nSPS) is 29.9. The van der Waals surface area contributed by atoms with Crippen molar-refractivity contribution in [2.24, 2.45) is 5.73 Å². The Kier molecular flexibility index (Phi) is 3.40. The second kappa shape index (κ2) is 4.45. The Morgan fingerprint density at radius 3 is 2.47 bits per heavy atom. The fourth-order valence-electron chi connectivity index (χ4n) is 1.84. The van der Waals surface area contributed by atoms with E-state index in [-0.39, 0.29) is 10.9 Å². The largest absolute Gasteiger partial charge is 0.393 e. The van der Waals surface area contributed by atoms with Crippen LogP contribution in [0, 0.1) is 0 Å². The minimum Gasteiger partial charge on any atom is -0.393 e.